The van der Waals surface area contributed by atoms with Crippen LogP contribution in [0.3, 0.4) is 0 Å². The zero-order valence-electron chi connectivity index (χ0n) is 9.51. The van der Waals surface area contributed by atoms with Crippen LogP contribution in [0, 0.1) is 0 Å². The first-order chi connectivity index (χ1) is 7.66. The first-order valence-electron chi connectivity index (χ1n) is 4.98. The molecule has 16 heavy (non-hydrogen) atoms. The van der Waals surface area contributed by atoms with E-state index in [1.807, 2.05) is 11.9 Å². The lowest BCUT2D eigenvalue weighted by Crippen LogP contribution is -2.25. The van der Waals surface area contributed by atoms with Crippen LogP contribution in [0.2, 0.25) is 0 Å². The van der Waals surface area contributed by atoms with Gasteiger partial charge < -0.3 is 15.4 Å². The molecule has 1 aromatic heterocycles. The number of ether oxygens (including phenoxy) is 1. The molecule has 0 aromatic carbocycles. The lowest BCUT2D eigenvalue weighted by molar-refractivity contribution is 0.196. The number of aromatic nitrogens is 2. The topological polar surface area (TPSA) is 64.3 Å². The van der Waals surface area contributed by atoms with E-state index in [4.69, 9.17) is 22.7 Å². The van der Waals surface area contributed by atoms with E-state index >= 15 is 0 Å². The average Bonchev–Trinajstić information content (AvgIpc) is 2.29. The lowest BCUT2D eigenvalue weighted by atomic mass is 10.2. The van der Waals surface area contributed by atoms with Crippen molar-refractivity contribution in [2.45, 2.75) is 6.42 Å². The van der Waals surface area contributed by atoms with Crippen molar-refractivity contribution in [3.63, 3.8) is 0 Å². The molecule has 0 bridgehead atoms. The number of anilines is 1. The third kappa shape index (κ3) is 3.39. The minimum absolute atomic E-state index is 0.337. The second kappa shape index (κ2) is 6.34. The highest BCUT2D eigenvalue weighted by molar-refractivity contribution is 7.80. The molecule has 1 aromatic rings. The molecule has 0 aliphatic carbocycles. The molecule has 1 heterocycles. The van der Waals surface area contributed by atoms with Crippen molar-refractivity contribution in [3.05, 3.63) is 17.8 Å². The summed E-state index contributed by atoms with van der Waals surface area (Å²) in [5.41, 5.74) is 6.37. The third-order valence-corrected chi connectivity index (χ3v) is 2.39. The van der Waals surface area contributed by atoms with Crippen LogP contribution >= 0.6 is 12.2 Å². The first kappa shape index (κ1) is 12.8. The summed E-state index contributed by atoms with van der Waals surface area (Å²) in [5.74, 6) is 0.714. The Labute approximate surface area is 101 Å². The van der Waals surface area contributed by atoms with Gasteiger partial charge >= 0.3 is 0 Å². The Morgan fingerprint density at radius 2 is 2.38 bits per heavy atom. The zero-order valence-corrected chi connectivity index (χ0v) is 10.3. The van der Waals surface area contributed by atoms with Crippen molar-refractivity contribution in [1.82, 2.24) is 10.2 Å². The Kier molecular flexibility index (Phi) is 5.07. The standard InChI is InChI=1S/C10H16N4OS/c1-14(6-3-7-15-2)10-8(9(11)16)4-5-12-13-10/h4-5H,3,6-7H2,1-2H3,(H2,11,16). The molecule has 0 saturated heterocycles. The summed E-state index contributed by atoms with van der Waals surface area (Å²) in [6.45, 7) is 1.54. The van der Waals surface area contributed by atoms with Gasteiger partial charge in [-0.25, -0.2) is 0 Å². The molecule has 0 aliphatic heterocycles. The highest BCUT2D eigenvalue weighted by Crippen LogP contribution is 2.14. The number of nitrogens with two attached hydrogens (primary N) is 1. The number of hydrogen-bond donors (Lipinski definition) is 1. The Bertz CT molecular complexity index is 358. The molecule has 0 radical (unpaired) electrons. The molecule has 0 spiro atoms. The van der Waals surface area contributed by atoms with Crippen LogP contribution < -0.4 is 10.6 Å². The van der Waals surface area contributed by atoms with Gasteiger partial charge in [0.05, 0.1) is 11.8 Å². The molecule has 1 rings (SSSR count). The largest absolute Gasteiger partial charge is 0.389 e. The summed E-state index contributed by atoms with van der Waals surface area (Å²) >= 11 is 4.96. The molecule has 5 nitrogen and oxygen atoms in total. The summed E-state index contributed by atoms with van der Waals surface area (Å²) in [4.78, 5) is 2.31. The second-order valence-electron chi connectivity index (χ2n) is 3.40. The summed E-state index contributed by atoms with van der Waals surface area (Å²) in [6.07, 6.45) is 2.50. The number of nitrogens with zero attached hydrogens (tertiary/aromatic N) is 3. The summed E-state index contributed by atoms with van der Waals surface area (Å²) in [6, 6.07) is 1.78. The fourth-order valence-electron chi connectivity index (χ4n) is 1.35. The minimum Gasteiger partial charge on any atom is -0.389 e. The molecular formula is C10H16N4OS. The maximum absolute atomic E-state index is 5.62. The van der Waals surface area contributed by atoms with Gasteiger partial charge in [-0.2, -0.15) is 5.10 Å². The monoisotopic (exact) mass is 240 g/mol. The molecule has 0 amide bonds. The minimum atomic E-state index is 0.337. The molecule has 0 atom stereocenters. The van der Waals surface area contributed by atoms with Crippen LogP contribution in [-0.4, -0.2) is 42.5 Å². The molecule has 88 valence electrons. The molecule has 0 aliphatic rings. The summed E-state index contributed by atoms with van der Waals surface area (Å²) in [7, 11) is 3.62. The Morgan fingerprint density at radius 3 is 3.00 bits per heavy atom. The Morgan fingerprint density at radius 1 is 1.62 bits per heavy atom. The van der Waals surface area contributed by atoms with Crippen molar-refractivity contribution in [2.24, 2.45) is 5.73 Å². The maximum atomic E-state index is 5.62. The van der Waals surface area contributed by atoms with Gasteiger partial charge in [0.1, 0.15) is 4.99 Å². The van der Waals surface area contributed by atoms with E-state index in [0.29, 0.717) is 17.4 Å². The van der Waals surface area contributed by atoms with E-state index < -0.39 is 0 Å². The van der Waals surface area contributed by atoms with Crippen LogP contribution in [0.4, 0.5) is 5.82 Å². The van der Waals surface area contributed by atoms with Crippen molar-refractivity contribution in [3.8, 4) is 0 Å². The highest BCUT2D eigenvalue weighted by atomic mass is 32.1. The maximum Gasteiger partial charge on any atom is 0.161 e. The van der Waals surface area contributed by atoms with Gasteiger partial charge in [-0.05, 0) is 12.5 Å². The Balaban J connectivity index is 2.74. The molecule has 0 fully saturated rings. The number of hydrogen-bond acceptors (Lipinski definition) is 5. The molecule has 0 saturated carbocycles. The number of rotatable bonds is 6. The highest BCUT2D eigenvalue weighted by Gasteiger charge is 2.10. The van der Waals surface area contributed by atoms with Crippen LogP contribution in [0.25, 0.3) is 0 Å². The van der Waals surface area contributed by atoms with E-state index in [1.54, 1.807) is 19.4 Å². The van der Waals surface area contributed by atoms with E-state index in [-0.39, 0.29) is 0 Å². The van der Waals surface area contributed by atoms with Gasteiger partial charge in [0.15, 0.2) is 5.82 Å². The zero-order chi connectivity index (χ0) is 12.0. The summed E-state index contributed by atoms with van der Waals surface area (Å²) < 4.78 is 4.99. The molecule has 0 unspecified atom stereocenters. The SMILES string of the molecule is COCCCN(C)c1nnccc1C(N)=S. The van der Waals surface area contributed by atoms with Crippen molar-refractivity contribution in [1.29, 1.82) is 0 Å². The molecule has 6 heteroatoms. The van der Waals surface area contributed by atoms with Gasteiger partial charge in [0.2, 0.25) is 0 Å². The van der Waals surface area contributed by atoms with E-state index in [2.05, 4.69) is 10.2 Å². The molecule has 2 N–H and O–H groups in total. The van der Waals surface area contributed by atoms with E-state index in [1.165, 1.54) is 0 Å². The predicted octanol–water partition coefficient (Wildman–Crippen LogP) is 0.583. The van der Waals surface area contributed by atoms with Gasteiger partial charge in [0, 0.05) is 27.3 Å². The Hall–Kier alpha value is -1.27. The van der Waals surface area contributed by atoms with Crippen molar-refractivity contribution >= 4 is 23.0 Å². The fourth-order valence-corrected chi connectivity index (χ4v) is 1.51. The van der Waals surface area contributed by atoms with Gasteiger partial charge in [0.25, 0.3) is 0 Å². The normalized spacial score (nSPS) is 10.1. The van der Waals surface area contributed by atoms with Gasteiger partial charge in [-0.3, -0.25) is 0 Å². The quantitative estimate of drug-likeness (QED) is 0.580. The molecular weight excluding hydrogens is 224 g/mol. The second-order valence-corrected chi connectivity index (χ2v) is 3.84. The van der Waals surface area contributed by atoms with E-state index in [0.717, 1.165) is 18.5 Å². The van der Waals surface area contributed by atoms with Crippen LogP contribution in [-0.2, 0) is 4.74 Å². The average molecular weight is 240 g/mol. The predicted molar refractivity (Wildman–Crippen MR) is 67.7 cm³/mol. The van der Waals surface area contributed by atoms with Crippen LogP contribution in [0.15, 0.2) is 12.3 Å². The van der Waals surface area contributed by atoms with Gasteiger partial charge in [-0.15, -0.1) is 5.10 Å². The van der Waals surface area contributed by atoms with Crippen molar-refractivity contribution in [2.75, 3.05) is 32.2 Å². The smallest absolute Gasteiger partial charge is 0.161 e. The third-order valence-electron chi connectivity index (χ3n) is 2.17. The lowest BCUT2D eigenvalue weighted by Gasteiger charge is -2.19. The van der Waals surface area contributed by atoms with Crippen LogP contribution in [0.1, 0.15) is 12.0 Å². The summed E-state index contributed by atoms with van der Waals surface area (Å²) in [5, 5.41) is 7.89. The first-order valence-corrected chi connectivity index (χ1v) is 5.39. The number of methoxy groups -OCH3 is 1. The van der Waals surface area contributed by atoms with E-state index in [9.17, 15) is 0 Å². The van der Waals surface area contributed by atoms with Gasteiger partial charge in [-0.1, -0.05) is 12.2 Å². The van der Waals surface area contributed by atoms with Crippen LogP contribution in [0.5, 0.6) is 0 Å². The number of thiocarbonyl (C=S) groups is 1. The van der Waals surface area contributed by atoms with Crippen molar-refractivity contribution < 1.29 is 4.74 Å². The fraction of sp³-hybridized carbons (Fsp3) is 0.500.